The van der Waals surface area contributed by atoms with Gasteiger partial charge >= 0.3 is 6.18 Å². The lowest BCUT2D eigenvalue weighted by molar-refractivity contribution is -0.140. The highest BCUT2D eigenvalue weighted by molar-refractivity contribution is 9.09. The predicted octanol–water partition coefficient (Wildman–Crippen LogP) is 3.40. The molecule has 1 aliphatic rings. The molecule has 0 N–H and O–H groups in total. The predicted molar refractivity (Wildman–Crippen MR) is 82.6 cm³/mol. The Balaban J connectivity index is 2.05. The number of rotatable bonds is 2. The van der Waals surface area contributed by atoms with Gasteiger partial charge in [-0.25, -0.2) is 0 Å². The van der Waals surface area contributed by atoms with Gasteiger partial charge in [0.2, 0.25) is 0 Å². The second-order valence-electron chi connectivity index (χ2n) is 5.30. The maximum atomic E-state index is 12.9. The molecule has 0 aliphatic carbocycles. The van der Waals surface area contributed by atoms with Gasteiger partial charge in [0.25, 0.3) is 5.91 Å². The van der Waals surface area contributed by atoms with Gasteiger partial charge in [-0.15, -0.1) is 0 Å². The summed E-state index contributed by atoms with van der Waals surface area (Å²) < 4.78 is 45.1. The molecule has 1 unspecified atom stereocenters. The number of carbonyl (C=O) groups excluding carboxylic acids is 1. The van der Waals surface area contributed by atoms with Crippen LogP contribution in [0.1, 0.15) is 10.5 Å². The van der Waals surface area contributed by atoms with Crippen molar-refractivity contribution in [1.82, 2.24) is 9.47 Å². The van der Waals surface area contributed by atoms with Crippen molar-refractivity contribution in [3.63, 3.8) is 0 Å². The first-order chi connectivity index (χ1) is 10.9. The van der Waals surface area contributed by atoms with Crippen molar-refractivity contribution in [2.24, 2.45) is 0 Å². The molecule has 1 atom stereocenters. The van der Waals surface area contributed by atoms with E-state index in [2.05, 4.69) is 15.9 Å². The van der Waals surface area contributed by atoms with Gasteiger partial charge in [-0.3, -0.25) is 4.79 Å². The van der Waals surface area contributed by atoms with E-state index in [4.69, 9.17) is 4.74 Å². The molecule has 2 heterocycles. The highest BCUT2D eigenvalue weighted by Gasteiger charge is 2.33. The van der Waals surface area contributed by atoms with Crippen molar-refractivity contribution in [3.05, 3.63) is 36.0 Å². The Bertz CT molecular complexity index is 729. The van der Waals surface area contributed by atoms with Crippen LogP contribution in [0, 0.1) is 0 Å². The first-order valence-corrected chi connectivity index (χ1v) is 7.96. The Morgan fingerprint density at radius 2 is 2.09 bits per heavy atom. The second-order valence-corrected chi connectivity index (χ2v) is 6.35. The molecule has 23 heavy (non-hydrogen) atoms. The van der Waals surface area contributed by atoms with Crippen LogP contribution in [0.3, 0.4) is 0 Å². The number of carbonyl (C=O) groups is 1. The third-order valence-electron chi connectivity index (χ3n) is 3.70. The fraction of sp³-hybridized carbons (Fsp3) is 0.400. The first-order valence-electron chi connectivity index (χ1n) is 7.04. The third kappa shape index (κ3) is 3.37. The van der Waals surface area contributed by atoms with Crippen molar-refractivity contribution in [3.8, 4) is 0 Å². The van der Waals surface area contributed by atoms with Crippen molar-refractivity contribution in [2.75, 3.05) is 19.8 Å². The summed E-state index contributed by atoms with van der Waals surface area (Å²) in [4.78, 5) is 13.9. The topological polar surface area (TPSA) is 34.5 Å². The summed E-state index contributed by atoms with van der Waals surface area (Å²) in [5.41, 5.74) is 0.433. The first kappa shape index (κ1) is 16.3. The highest BCUT2D eigenvalue weighted by Crippen LogP contribution is 2.27. The molecular weight excluding hydrogens is 377 g/mol. The molecule has 1 fully saturated rings. The van der Waals surface area contributed by atoms with Crippen molar-refractivity contribution >= 4 is 32.7 Å². The number of ether oxygens (including phenoxy) is 1. The average Bonchev–Trinajstić information content (AvgIpc) is 2.84. The van der Waals surface area contributed by atoms with Crippen molar-refractivity contribution in [1.29, 1.82) is 0 Å². The summed E-state index contributed by atoms with van der Waals surface area (Å²) in [7, 11) is 0. The van der Waals surface area contributed by atoms with Crippen LogP contribution in [-0.2, 0) is 11.3 Å². The maximum Gasteiger partial charge on any atom is 0.406 e. The summed E-state index contributed by atoms with van der Waals surface area (Å²) >= 11 is 3.33. The van der Waals surface area contributed by atoms with Gasteiger partial charge in [0.05, 0.1) is 13.2 Å². The second kappa shape index (κ2) is 6.16. The Morgan fingerprint density at radius 1 is 1.35 bits per heavy atom. The zero-order valence-electron chi connectivity index (χ0n) is 12.0. The smallest absolute Gasteiger partial charge is 0.377 e. The molecule has 124 valence electrons. The van der Waals surface area contributed by atoms with E-state index in [0.29, 0.717) is 30.7 Å². The van der Waals surface area contributed by atoms with E-state index < -0.39 is 18.6 Å². The molecular formula is C15H14BrF3N2O2. The molecule has 2 aromatic rings. The Hall–Kier alpha value is -1.54. The van der Waals surface area contributed by atoms with Crippen LogP contribution < -0.4 is 0 Å². The number of hydrogen-bond acceptors (Lipinski definition) is 2. The minimum absolute atomic E-state index is 0.0369. The molecule has 3 rings (SSSR count). The van der Waals surface area contributed by atoms with Gasteiger partial charge in [-0.2, -0.15) is 13.2 Å². The van der Waals surface area contributed by atoms with E-state index >= 15 is 0 Å². The summed E-state index contributed by atoms with van der Waals surface area (Å²) in [6, 6.07) is 8.19. The molecule has 1 aliphatic heterocycles. The van der Waals surface area contributed by atoms with Crippen LogP contribution in [-0.4, -0.2) is 46.3 Å². The molecule has 0 radical (unpaired) electrons. The van der Waals surface area contributed by atoms with Crippen molar-refractivity contribution in [2.45, 2.75) is 17.7 Å². The molecule has 1 aromatic heterocycles. The number of benzene rings is 1. The zero-order valence-corrected chi connectivity index (χ0v) is 13.6. The lowest BCUT2D eigenvalue weighted by atomic mass is 10.2. The fourth-order valence-electron chi connectivity index (χ4n) is 2.69. The number of halogens is 4. The molecule has 1 amide bonds. The Labute approximate surface area is 138 Å². The average molecular weight is 391 g/mol. The third-order valence-corrected chi connectivity index (χ3v) is 4.46. The van der Waals surface area contributed by atoms with E-state index in [-0.39, 0.29) is 10.6 Å². The van der Waals surface area contributed by atoms with Gasteiger partial charge in [-0.1, -0.05) is 34.1 Å². The number of fused-ring (bicyclic) bond motifs is 1. The quantitative estimate of drug-likeness (QED) is 0.581. The minimum Gasteiger partial charge on any atom is -0.377 e. The standard InChI is InChI=1S/C15H14BrF3N2O2/c16-13-8-23-6-5-20(13)14(22)12-7-10-3-1-2-4-11(10)21(12)9-15(17,18)19/h1-4,7,13H,5-6,8-9H2. The van der Waals surface area contributed by atoms with Crippen LogP contribution in [0.25, 0.3) is 10.9 Å². The number of morpholine rings is 1. The van der Waals surface area contributed by atoms with E-state index in [1.807, 2.05) is 0 Å². The molecule has 1 aromatic carbocycles. The maximum absolute atomic E-state index is 12.9. The molecule has 0 saturated carbocycles. The number of nitrogens with zero attached hydrogens (tertiary/aromatic N) is 2. The summed E-state index contributed by atoms with van der Waals surface area (Å²) in [5.74, 6) is -0.435. The monoisotopic (exact) mass is 390 g/mol. The van der Waals surface area contributed by atoms with E-state index in [1.165, 1.54) is 11.0 Å². The lowest BCUT2D eigenvalue weighted by Crippen LogP contribution is -2.46. The summed E-state index contributed by atoms with van der Waals surface area (Å²) in [6.07, 6.45) is -4.41. The van der Waals surface area contributed by atoms with E-state index in [0.717, 1.165) is 4.57 Å². The highest BCUT2D eigenvalue weighted by atomic mass is 79.9. The number of alkyl halides is 4. The van der Waals surface area contributed by atoms with Gasteiger partial charge in [0.15, 0.2) is 0 Å². The van der Waals surface area contributed by atoms with Gasteiger partial charge in [-0.05, 0) is 12.1 Å². The zero-order chi connectivity index (χ0) is 16.6. The number of hydrogen-bond donors (Lipinski definition) is 0. The molecule has 0 bridgehead atoms. The SMILES string of the molecule is O=C(c1cc2ccccc2n1CC(F)(F)F)N1CCOCC1Br. The molecule has 0 spiro atoms. The number of amides is 1. The van der Waals surface area contributed by atoms with Crippen LogP contribution in [0.15, 0.2) is 30.3 Å². The Morgan fingerprint density at radius 3 is 2.78 bits per heavy atom. The number of para-hydroxylation sites is 1. The molecule has 1 saturated heterocycles. The van der Waals surface area contributed by atoms with Crippen LogP contribution in [0.2, 0.25) is 0 Å². The number of aromatic nitrogens is 1. The fourth-order valence-corrected chi connectivity index (χ4v) is 3.26. The Kier molecular flexibility index (Phi) is 4.37. The van der Waals surface area contributed by atoms with Crippen molar-refractivity contribution < 1.29 is 22.7 Å². The largest absolute Gasteiger partial charge is 0.406 e. The molecule has 8 heteroatoms. The van der Waals surface area contributed by atoms with E-state index in [1.54, 1.807) is 24.3 Å². The van der Waals surface area contributed by atoms with Gasteiger partial charge < -0.3 is 14.2 Å². The summed E-state index contributed by atoms with van der Waals surface area (Å²) in [5, 5.41) is 0.611. The summed E-state index contributed by atoms with van der Waals surface area (Å²) in [6.45, 7) is -0.181. The van der Waals surface area contributed by atoms with Gasteiger partial charge in [0, 0.05) is 17.4 Å². The minimum atomic E-state index is -4.41. The van der Waals surface area contributed by atoms with Crippen LogP contribution in [0.5, 0.6) is 0 Å². The van der Waals surface area contributed by atoms with Crippen LogP contribution >= 0.6 is 15.9 Å². The van der Waals surface area contributed by atoms with E-state index in [9.17, 15) is 18.0 Å². The lowest BCUT2D eigenvalue weighted by Gasteiger charge is -2.32. The van der Waals surface area contributed by atoms with Gasteiger partial charge in [0.1, 0.15) is 17.2 Å². The molecule has 4 nitrogen and oxygen atoms in total. The normalized spacial score (nSPS) is 19.3. The van der Waals surface area contributed by atoms with Crippen LogP contribution in [0.4, 0.5) is 13.2 Å².